The number of hydrogen-bond donors (Lipinski definition) is 4. The van der Waals surface area contributed by atoms with Crippen LogP contribution in [0.2, 0.25) is 0 Å². The van der Waals surface area contributed by atoms with Crippen LogP contribution in [0.25, 0.3) is 18.3 Å². The van der Waals surface area contributed by atoms with E-state index >= 15 is 0 Å². The van der Waals surface area contributed by atoms with Gasteiger partial charge < -0.3 is 13.7 Å². The minimum atomic E-state index is -3.90. The largest absolute Gasteiger partial charge is 0.304 e. The molecule has 0 aliphatic heterocycles. The molecule has 3 rings (SSSR count). The van der Waals surface area contributed by atoms with Crippen LogP contribution in [0.3, 0.4) is 0 Å². The number of aromatic amines is 1. The van der Waals surface area contributed by atoms with Crippen LogP contribution in [-0.4, -0.2) is 23.4 Å². The van der Waals surface area contributed by atoms with Crippen molar-refractivity contribution in [3.63, 3.8) is 0 Å². The Labute approximate surface area is 139 Å². The summed E-state index contributed by atoms with van der Waals surface area (Å²) in [7, 11) is -3.90. The number of nitrogens with one attached hydrogen (secondary N) is 1. The first-order valence-corrected chi connectivity index (χ1v) is 8.55. The Morgan fingerprint density at radius 3 is 2.29 bits per heavy atom. The van der Waals surface area contributed by atoms with E-state index in [0.717, 1.165) is 0 Å². The minimum Gasteiger partial charge on any atom is -0.304 e. The summed E-state index contributed by atoms with van der Waals surface area (Å²) in [5, 5.41) is 3.54. The van der Waals surface area contributed by atoms with Gasteiger partial charge in [-0.05, 0) is 29.8 Å². The summed E-state index contributed by atoms with van der Waals surface area (Å²) in [6, 6.07) is 15.2. The lowest BCUT2D eigenvalue weighted by Crippen LogP contribution is -2.34. The van der Waals surface area contributed by atoms with Crippen LogP contribution >= 0.6 is 10.9 Å². The summed E-state index contributed by atoms with van der Waals surface area (Å²) >= 11 is 0. The summed E-state index contributed by atoms with van der Waals surface area (Å²) < 4.78 is 30.0. The quantitative estimate of drug-likeness (QED) is 0.584. The van der Waals surface area contributed by atoms with Gasteiger partial charge in [-0.1, -0.05) is 43.0 Å². The average Bonchev–Trinajstić information content (AvgIpc) is 2.83. The maximum atomic E-state index is 12.6. The van der Waals surface area contributed by atoms with Gasteiger partial charge in [0, 0.05) is 0 Å². The van der Waals surface area contributed by atoms with Gasteiger partial charge in [0.15, 0.2) is 0 Å². The highest BCUT2D eigenvalue weighted by molar-refractivity contribution is 8.19. The number of aromatic nitrogens is 2. The molecule has 6 nitrogen and oxygen atoms in total. The zero-order chi connectivity index (χ0) is 17.3. The Kier molecular flexibility index (Phi) is 4.16. The molecule has 0 aliphatic rings. The third-order valence-corrected chi connectivity index (χ3v) is 4.50. The lowest BCUT2D eigenvalue weighted by Gasteiger charge is -2.20. The Morgan fingerprint density at radius 1 is 1.00 bits per heavy atom. The third-order valence-electron chi connectivity index (χ3n) is 3.53. The molecule has 0 atom stereocenters. The predicted molar refractivity (Wildman–Crippen MR) is 94.9 cm³/mol. The van der Waals surface area contributed by atoms with Gasteiger partial charge in [-0.2, -0.15) is 0 Å². The van der Waals surface area contributed by atoms with Crippen LogP contribution in [0.5, 0.6) is 0 Å². The second-order valence-corrected chi connectivity index (χ2v) is 6.66. The number of hydrogen-bond acceptors (Lipinski definition) is 4. The highest BCUT2D eigenvalue weighted by Gasteiger charge is 2.18. The number of H-pyrrole nitrogens is 1. The van der Waals surface area contributed by atoms with Crippen LogP contribution in [0.1, 0.15) is 5.56 Å². The molecular formula is C17H16N2O4S. The first-order chi connectivity index (χ1) is 11.4. The van der Waals surface area contributed by atoms with Crippen molar-refractivity contribution in [2.75, 3.05) is 0 Å². The van der Waals surface area contributed by atoms with Gasteiger partial charge in [-0.25, -0.2) is 4.68 Å². The third kappa shape index (κ3) is 3.06. The van der Waals surface area contributed by atoms with Crippen molar-refractivity contribution in [2.45, 2.75) is 4.90 Å². The van der Waals surface area contributed by atoms with E-state index in [9.17, 15) is 18.5 Å². The molecule has 24 heavy (non-hydrogen) atoms. The lowest BCUT2D eigenvalue weighted by atomic mass is 10.2. The maximum Gasteiger partial charge on any atom is 0.279 e. The molecule has 0 fully saturated rings. The van der Waals surface area contributed by atoms with Gasteiger partial charge in [0.1, 0.15) is 10.9 Å². The molecule has 4 N–H and O–H groups in total. The topological polar surface area (TPSA) is 98.5 Å². The molecule has 0 unspecified atom stereocenters. The lowest BCUT2D eigenvalue weighted by molar-refractivity contribution is 0.376. The highest BCUT2D eigenvalue weighted by atomic mass is 32.3. The Morgan fingerprint density at radius 2 is 1.62 bits per heavy atom. The fourth-order valence-electron chi connectivity index (χ4n) is 2.41. The second-order valence-electron chi connectivity index (χ2n) is 5.18. The van der Waals surface area contributed by atoms with E-state index in [1.165, 1.54) is 16.8 Å². The number of para-hydroxylation sites is 1. The van der Waals surface area contributed by atoms with E-state index in [0.29, 0.717) is 16.6 Å². The van der Waals surface area contributed by atoms with Gasteiger partial charge in [0.05, 0.1) is 21.2 Å². The summed E-state index contributed by atoms with van der Waals surface area (Å²) in [4.78, 5) is 12.6. The van der Waals surface area contributed by atoms with Crippen LogP contribution in [0, 0.1) is 0 Å². The molecule has 0 aliphatic carbocycles. The van der Waals surface area contributed by atoms with Crippen molar-refractivity contribution < 1.29 is 13.7 Å². The first kappa shape index (κ1) is 16.3. The molecule has 0 radical (unpaired) electrons. The average molecular weight is 344 g/mol. The maximum absolute atomic E-state index is 12.6. The molecule has 7 heteroatoms. The Bertz CT molecular complexity index is 1030. The summed E-state index contributed by atoms with van der Waals surface area (Å²) in [5.41, 5.74) is 0.670. The molecule has 2 aromatic carbocycles. The van der Waals surface area contributed by atoms with Gasteiger partial charge in [-0.3, -0.25) is 9.89 Å². The van der Waals surface area contributed by atoms with Crippen LogP contribution < -0.4 is 16.1 Å². The van der Waals surface area contributed by atoms with Gasteiger partial charge in [0.2, 0.25) is 0 Å². The molecule has 0 saturated heterocycles. The van der Waals surface area contributed by atoms with E-state index in [4.69, 9.17) is 0 Å². The van der Waals surface area contributed by atoms with Crippen LogP contribution in [-0.2, 0) is 0 Å². The highest BCUT2D eigenvalue weighted by Crippen LogP contribution is 2.45. The number of rotatable bonds is 3. The fourth-order valence-corrected chi connectivity index (χ4v) is 3.11. The summed E-state index contributed by atoms with van der Waals surface area (Å²) in [6.07, 6.45) is 1.47. The number of benzene rings is 2. The van der Waals surface area contributed by atoms with Gasteiger partial charge in [0.25, 0.3) is 5.56 Å². The van der Waals surface area contributed by atoms with E-state index in [2.05, 4.69) is 11.7 Å². The molecule has 1 heterocycles. The van der Waals surface area contributed by atoms with Crippen LogP contribution in [0.4, 0.5) is 0 Å². The molecular weight excluding hydrogens is 328 g/mol. The summed E-state index contributed by atoms with van der Waals surface area (Å²) in [6.45, 7) is 3.83. The first-order valence-electron chi connectivity index (χ1n) is 7.05. The molecule has 124 valence electrons. The minimum absolute atomic E-state index is 0.0451. The molecule has 1 aromatic heterocycles. The molecule has 0 bridgehead atoms. The van der Waals surface area contributed by atoms with Crippen molar-refractivity contribution in [2.24, 2.45) is 0 Å². The molecule has 0 spiro atoms. The second kappa shape index (κ2) is 6.14. The fraction of sp³-hybridized carbons (Fsp3) is 0. The zero-order valence-corrected chi connectivity index (χ0v) is 13.4. The van der Waals surface area contributed by atoms with Crippen molar-refractivity contribution >= 4 is 23.5 Å². The number of nitrogens with zero attached hydrogens (tertiary/aromatic N) is 1. The molecule has 0 amide bonds. The van der Waals surface area contributed by atoms with Crippen LogP contribution in [0.15, 0.2) is 64.3 Å². The SMILES string of the molecule is C=c1[nH]n(-c2ccccc2)c(=O)c1=Cc1ccccc1S(O)(O)O. The molecule has 3 aromatic rings. The van der Waals surface area contributed by atoms with E-state index in [1.54, 1.807) is 30.3 Å². The van der Waals surface area contributed by atoms with E-state index in [-0.39, 0.29) is 15.7 Å². The van der Waals surface area contributed by atoms with E-state index in [1.807, 2.05) is 18.2 Å². The van der Waals surface area contributed by atoms with E-state index < -0.39 is 10.9 Å². The smallest absolute Gasteiger partial charge is 0.279 e. The van der Waals surface area contributed by atoms with Crippen molar-refractivity contribution in [1.29, 1.82) is 0 Å². The predicted octanol–water partition coefficient (Wildman–Crippen LogP) is 1.99. The summed E-state index contributed by atoms with van der Waals surface area (Å²) in [5.74, 6) is 0. The monoisotopic (exact) mass is 344 g/mol. The van der Waals surface area contributed by atoms with Gasteiger partial charge in [-0.15, -0.1) is 0 Å². The van der Waals surface area contributed by atoms with Crippen molar-refractivity contribution in [3.8, 4) is 5.69 Å². The Hall–Kier alpha value is -2.58. The normalized spacial score (nSPS) is 13.2. The Balaban J connectivity index is 2.23. The zero-order valence-electron chi connectivity index (χ0n) is 12.6. The van der Waals surface area contributed by atoms with Crippen molar-refractivity contribution in [1.82, 2.24) is 9.78 Å². The standard InChI is InChI=1S/C17H16N2O4S/c1-12-15(11-13-7-5-6-10-16(13)24(21,22)23)17(20)19(18-12)14-8-3-2-4-9-14/h2-11,18,21-23H,1H2. The van der Waals surface area contributed by atoms with Crippen molar-refractivity contribution in [3.05, 3.63) is 81.1 Å². The molecule has 0 saturated carbocycles. The van der Waals surface area contributed by atoms with Gasteiger partial charge >= 0.3 is 0 Å².